The van der Waals surface area contributed by atoms with Crippen LogP contribution < -0.4 is 0 Å². The Morgan fingerprint density at radius 2 is 0.719 bits per heavy atom. The fraction of sp³-hybridized carbons (Fsp3) is 0. The number of benzene rings is 6. The molecule has 0 bridgehead atoms. The first-order chi connectivity index (χ1) is 27.7. The first-order valence-electron chi connectivity index (χ1n) is 18.6. The molecule has 57 heavy (non-hydrogen) atoms. The molecule has 0 saturated carbocycles. The average Bonchev–Trinajstić information content (AvgIpc) is 3.29. The van der Waals surface area contributed by atoms with Gasteiger partial charge in [-0.2, -0.15) is 0 Å². The van der Waals surface area contributed by atoms with Crippen molar-refractivity contribution in [1.82, 2.24) is 15.0 Å². The van der Waals surface area contributed by atoms with Gasteiger partial charge in [-0.3, -0.25) is 0 Å². The molecule has 0 spiro atoms. The van der Waals surface area contributed by atoms with E-state index in [2.05, 4.69) is 127 Å². The molecule has 6 aromatic carbocycles. The van der Waals surface area contributed by atoms with Crippen LogP contribution in [0.2, 0.25) is 0 Å². The van der Waals surface area contributed by atoms with Gasteiger partial charge in [0.15, 0.2) is 0 Å². The smallest absolute Gasteiger partial charge is 0.304 e. The summed E-state index contributed by atoms with van der Waals surface area (Å²) in [7, 11) is 0. The Morgan fingerprint density at radius 3 is 1.09 bits per heavy atom. The van der Waals surface area contributed by atoms with Gasteiger partial charge in [-0.15, -0.1) is 108 Å². The average molecular weight is 905 g/mol. The quantitative estimate of drug-likeness (QED) is 0.135. The van der Waals surface area contributed by atoms with Gasteiger partial charge >= 0.3 is 20.1 Å². The second-order valence-electron chi connectivity index (χ2n) is 13.4. The van der Waals surface area contributed by atoms with Crippen LogP contribution in [0.15, 0.2) is 195 Å². The van der Waals surface area contributed by atoms with E-state index in [1.165, 1.54) is 0 Å². The Kier molecular flexibility index (Phi) is 11.3. The van der Waals surface area contributed by atoms with Crippen molar-refractivity contribution in [2.24, 2.45) is 0 Å². The Balaban J connectivity index is 0.00000455. The molecule has 0 aliphatic carbocycles. The molecule has 3 heterocycles. The van der Waals surface area contributed by atoms with Crippen molar-refractivity contribution in [2.75, 3.05) is 0 Å². The van der Waals surface area contributed by atoms with E-state index in [1.54, 1.807) is 0 Å². The molecule has 0 saturated heterocycles. The van der Waals surface area contributed by atoms with Gasteiger partial charge in [-0.1, -0.05) is 97.1 Å². The van der Waals surface area contributed by atoms with E-state index >= 15 is 0 Å². The standard InChI is InChI=1S/C53H34N3.Ir/c1-4-14-40(15-5-1)51-29-26-38(35-54-51)24-25-39-32-45(49-22-12-10-20-47(49)43-27-30-52(55-36-43)41-16-6-2-7-17-41)34-46(33-39)50-23-13-11-21-48(50)44-28-31-53(56-37-44)42-18-8-3-9-19-42;/h1-14,16,18,20-37H;/q-3;+3/b25-24-;. The van der Waals surface area contributed by atoms with Gasteiger partial charge in [0.25, 0.3) is 0 Å². The second-order valence-corrected chi connectivity index (χ2v) is 13.4. The van der Waals surface area contributed by atoms with Crippen LogP contribution in [0.25, 0.3) is 90.4 Å². The van der Waals surface area contributed by atoms with E-state index in [9.17, 15) is 0 Å². The number of hydrogen-bond acceptors (Lipinski definition) is 3. The van der Waals surface area contributed by atoms with E-state index in [4.69, 9.17) is 15.0 Å². The van der Waals surface area contributed by atoms with Gasteiger partial charge in [0, 0.05) is 18.6 Å². The molecule has 9 aromatic rings. The Hall–Kier alpha value is -6.84. The van der Waals surface area contributed by atoms with Crippen LogP contribution in [0.1, 0.15) is 11.1 Å². The van der Waals surface area contributed by atoms with E-state index in [0.29, 0.717) is 0 Å². The summed E-state index contributed by atoms with van der Waals surface area (Å²) in [6, 6.07) is 70.1. The number of rotatable bonds is 9. The largest absolute Gasteiger partial charge is 3.00 e. The van der Waals surface area contributed by atoms with Crippen LogP contribution in [0.5, 0.6) is 0 Å². The molecule has 0 atom stereocenters. The third-order valence-electron chi connectivity index (χ3n) is 9.79. The molecule has 0 fully saturated rings. The fourth-order valence-corrected chi connectivity index (χ4v) is 6.97. The minimum atomic E-state index is 0. The predicted molar refractivity (Wildman–Crippen MR) is 230 cm³/mol. The first-order valence-corrected chi connectivity index (χ1v) is 18.6. The van der Waals surface area contributed by atoms with Gasteiger partial charge in [0.2, 0.25) is 0 Å². The fourth-order valence-electron chi connectivity index (χ4n) is 6.97. The minimum absolute atomic E-state index is 0. The van der Waals surface area contributed by atoms with Gasteiger partial charge < -0.3 is 15.0 Å². The number of nitrogens with zero attached hydrogens (tertiary/aromatic N) is 3. The number of aromatic nitrogens is 3. The van der Waals surface area contributed by atoms with Crippen molar-refractivity contribution in [3.8, 4) is 78.3 Å². The van der Waals surface area contributed by atoms with E-state index < -0.39 is 0 Å². The normalized spacial score (nSPS) is 10.9. The molecule has 0 aliphatic rings. The van der Waals surface area contributed by atoms with Crippen molar-refractivity contribution in [2.45, 2.75) is 0 Å². The molecule has 9 rings (SSSR count). The van der Waals surface area contributed by atoms with Crippen LogP contribution in [-0.4, -0.2) is 15.0 Å². The molecule has 0 radical (unpaired) electrons. The molecular formula is C53H34IrN3. The topological polar surface area (TPSA) is 38.7 Å². The van der Waals surface area contributed by atoms with Crippen molar-refractivity contribution in [3.63, 3.8) is 0 Å². The van der Waals surface area contributed by atoms with E-state index in [-0.39, 0.29) is 20.1 Å². The van der Waals surface area contributed by atoms with Gasteiger partial charge in [-0.25, -0.2) is 0 Å². The van der Waals surface area contributed by atoms with Crippen LogP contribution in [0, 0.1) is 18.2 Å². The maximum absolute atomic E-state index is 4.84. The number of pyridine rings is 3. The summed E-state index contributed by atoms with van der Waals surface area (Å²) in [6.07, 6.45) is 10.1. The Morgan fingerprint density at radius 1 is 0.333 bits per heavy atom. The zero-order valence-electron chi connectivity index (χ0n) is 30.8. The van der Waals surface area contributed by atoms with Gasteiger partial charge in [0.05, 0.1) is 0 Å². The third kappa shape index (κ3) is 8.39. The monoisotopic (exact) mass is 905 g/mol. The molecule has 4 heteroatoms. The molecule has 3 nitrogen and oxygen atoms in total. The molecule has 0 aliphatic heterocycles. The van der Waals surface area contributed by atoms with Crippen molar-refractivity contribution in [3.05, 3.63) is 224 Å². The summed E-state index contributed by atoms with van der Waals surface area (Å²) in [6.45, 7) is 0. The van der Waals surface area contributed by atoms with Crippen LogP contribution in [-0.2, 0) is 20.1 Å². The molecule has 270 valence electrons. The van der Waals surface area contributed by atoms with Gasteiger partial charge in [-0.05, 0) is 90.9 Å². The summed E-state index contributed by atoms with van der Waals surface area (Å²) in [5, 5.41) is 0. The summed E-state index contributed by atoms with van der Waals surface area (Å²) in [5.41, 5.74) is 16.5. The molecule has 0 amide bonds. The SMILES string of the molecule is [Ir+3].[c-]1ccccc1-c1ccc(/C=C\c2cc(-c3ccccc3-c3ccc(-c4[c-]cccc4)nc3)cc(-c3ccccc3-c3ccc(-c4[c-]cccc4)nc3)c2)cn1. The Bertz CT molecular complexity index is 2600. The third-order valence-corrected chi connectivity index (χ3v) is 9.79. The maximum Gasteiger partial charge on any atom is 3.00 e. The molecule has 3 aromatic heterocycles. The van der Waals surface area contributed by atoms with Gasteiger partial charge in [0.1, 0.15) is 0 Å². The van der Waals surface area contributed by atoms with Crippen molar-refractivity contribution >= 4 is 12.2 Å². The predicted octanol–water partition coefficient (Wildman–Crippen LogP) is 13.1. The van der Waals surface area contributed by atoms with E-state index in [1.807, 2.05) is 97.5 Å². The van der Waals surface area contributed by atoms with Crippen molar-refractivity contribution in [1.29, 1.82) is 0 Å². The molecule has 0 N–H and O–H groups in total. The summed E-state index contributed by atoms with van der Waals surface area (Å²) < 4.78 is 0. The zero-order valence-corrected chi connectivity index (χ0v) is 33.2. The van der Waals surface area contributed by atoms with Crippen LogP contribution in [0.3, 0.4) is 0 Å². The summed E-state index contributed by atoms with van der Waals surface area (Å²) in [5.74, 6) is 0. The maximum atomic E-state index is 4.84. The first kappa shape index (κ1) is 37.1. The minimum Gasteiger partial charge on any atom is -0.304 e. The number of hydrogen-bond donors (Lipinski definition) is 0. The summed E-state index contributed by atoms with van der Waals surface area (Å²) in [4.78, 5) is 14.4. The van der Waals surface area contributed by atoms with Crippen LogP contribution >= 0.6 is 0 Å². The molecular weight excluding hydrogens is 871 g/mol. The molecule has 0 unspecified atom stereocenters. The van der Waals surface area contributed by atoms with Crippen LogP contribution in [0.4, 0.5) is 0 Å². The summed E-state index contributed by atoms with van der Waals surface area (Å²) >= 11 is 0. The Labute approximate surface area is 347 Å². The van der Waals surface area contributed by atoms with E-state index in [0.717, 1.165) is 89.4 Å². The second kappa shape index (κ2) is 17.3. The van der Waals surface area contributed by atoms with Crippen molar-refractivity contribution < 1.29 is 20.1 Å². The zero-order chi connectivity index (χ0) is 37.5.